The molecule has 0 spiro atoms. The van der Waals surface area contributed by atoms with Gasteiger partial charge in [-0.05, 0) is 55.5 Å². The van der Waals surface area contributed by atoms with Gasteiger partial charge in [0.2, 0.25) is 5.89 Å². The molecule has 0 saturated carbocycles. The summed E-state index contributed by atoms with van der Waals surface area (Å²) < 4.78 is 21.2. The first-order chi connectivity index (χ1) is 14.0. The van der Waals surface area contributed by atoms with Crippen LogP contribution in [0.1, 0.15) is 29.3 Å². The first-order valence-electron chi connectivity index (χ1n) is 8.66. The van der Waals surface area contributed by atoms with Gasteiger partial charge in [-0.2, -0.15) is 0 Å². The Bertz CT molecular complexity index is 982. The number of nitrogens with two attached hydrogens (primary N) is 1. The van der Waals surface area contributed by atoms with Gasteiger partial charge in [0, 0.05) is 5.56 Å². The molecule has 0 bridgehead atoms. The summed E-state index contributed by atoms with van der Waals surface area (Å²) in [4.78, 5) is 23.0. The number of amides is 1. The fraction of sp³-hybridized carbons (Fsp3) is 0.200. The van der Waals surface area contributed by atoms with Gasteiger partial charge >= 0.3 is 5.97 Å². The van der Waals surface area contributed by atoms with Gasteiger partial charge in [0.1, 0.15) is 11.5 Å². The molecule has 3 aromatic rings. The summed E-state index contributed by atoms with van der Waals surface area (Å²) in [5.41, 5.74) is 6.04. The highest BCUT2D eigenvalue weighted by molar-refractivity contribution is 5.89. The Morgan fingerprint density at radius 3 is 2.31 bits per heavy atom. The summed E-state index contributed by atoms with van der Waals surface area (Å²) in [5.74, 6) is 0.447. The van der Waals surface area contributed by atoms with E-state index in [1.807, 2.05) is 0 Å². The van der Waals surface area contributed by atoms with Gasteiger partial charge in [0.15, 0.2) is 12.7 Å². The Balaban J connectivity index is 1.62. The number of primary amides is 1. The predicted octanol–water partition coefficient (Wildman–Crippen LogP) is 2.53. The summed E-state index contributed by atoms with van der Waals surface area (Å²) in [7, 11) is 1.58. The highest BCUT2D eigenvalue weighted by Gasteiger charge is 2.20. The summed E-state index contributed by atoms with van der Waals surface area (Å²) in [6.45, 7) is 1.39. The molecule has 0 fully saturated rings. The Morgan fingerprint density at radius 2 is 1.69 bits per heavy atom. The molecule has 1 aromatic heterocycles. The monoisotopic (exact) mass is 397 g/mol. The molecule has 150 valence electrons. The third-order valence-electron chi connectivity index (χ3n) is 3.88. The molecule has 1 heterocycles. The van der Waals surface area contributed by atoms with Crippen LogP contribution in [-0.4, -0.2) is 35.8 Å². The van der Waals surface area contributed by atoms with Gasteiger partial charge in [-0.3, -0.25) is 4.79 Å². The average Bonchev–Trinajstić information content (AvgIpc) is 3.23. The van der Waals surface area contributed by atoms with Crippen molar-refractivity contribution in [3.8, 4) is 23.0 Å². The zero-order valence-electron chi connectivity index (χ0n) is 15.8. The van der Waals surface area contributed by atoms with E-state index in [1.54, 1.807) is 50.4 Å². The number of methoxy groups -OCH3 is 1. The van der Waals surface area contributed by atoms with Crippen molar-refractivity contribution in [1.82, 2.24) is 10.2 Å². The molecule has 0 aliphatic heterocycles. The number of hydrogen-bond acceptors (Lipinski definition) is 8. The van der Waals surface area contributed by atoms with Crippen molar-refractivity contribution in [2.75, 3.05) is 13.7 Å². The van der Waals surface area contributed by atoms with Crippen LogP contribution in [-0.2, 0) is 9.53 Å². The van der Waals surface area contributed by atoms with Gasteiger partial charge < -0.3 is 24.4 Å². The molecule has 1 amide bonds. The lowest BCUT2D eigenvalue weighted by molar-refractivity contribution is -0.119. The Hall–Kier alpha value is -3.88. The molecular weight excluding hydrogens is 378 g/mol. The van der Waals surface area contributed by atoms with Crippen LogP contribution < -0.4 is 15.2 Å². The topological polar surface area (TPSA) is 127 Å². The quantitative estimate of drug-likeness (QED) is 0.575. The van der Waals surface area contributed by atoms with E-state index in [0.29, 0.717) is 23.0 Å². The number of carbonyl (C=O) groups is 2. The lowest BCUT2D eigenvalue weighted by Gasteiger charge is -2.10. The maximum Gasteiger partial charge on any atom is 0.338 e. The normalized spacial score (nSPS) is 11.5. The van der Waals surface area contributed by atoms with E-state index in [0.717, 1.165) is 5.56 Å². The zero-order chi connectivity index (χ0) is 20.8. The highest BCUT2D eigenvalue weighted by Crippen LogP contribution is 2.25. The van der Waals surface area contributed by atoms with Crippen LogP contribution in [0.25, 0.3) is 11.5 Å². The number of benzene rings is 2. The van der Waals surface area contributed by atoms with E-state index in [-0.39, 0.29) is 12.5 Å². The van der Waals surface area contributed by atoms with Crippen molar-refractivity contribution in [2.45, 2.75) is 13.0 Å². The van der Waals surface area contributed by atoms with Gasteiger partial charge in [0.05, 0.1) is 12.7 Å². The number of esters is 1. The Kier molecular flexibility index (Phi) is 6.08. The zero-order valence-corrected chi connectivity index (χ0v) is 15.8. The first-order valence-corrected chi connectivity index (χ1v) is 8.66. The van der Waals surface area contributed by atoms with E-state index >= 15 is 0 Å². The van der Waals surface area contributed by atoms with E-state index in [2.05, 4.69) is 10.2 Å². The summed E-state index contributed by atoms with van der Waals surface area (Å²) in [6.07, 6.45) is -0.743. The van der Waals surface area contributed by atoms with Crippen LogP contribution in [0.5, 0.6) is 11.5 Å². The first kappa shape index (κ1) is 19.9. The molecule has 9 nitrogen and oxygen atoms in total. The smallest absolute Gasteiger partial charge is 0.338 e. The SMILES string of the molecule is COc1ccc(-c2nnc([C@H](C)OC(=O)c3ccc(OCC(N)=O)cc3)o2)cc1. The van der Waals surface area contributed by atoms with Crippen molar-refractivity contribution >= 4 is 11.9 Å². The van der Waals surface area contributed by atoms with Crippen LogP contribution in [0.4, 0.5) is 0 Å². The molecule has 0 radical (unpaired) electrons. The van der Waals surface area contributed by atoms with Crippen LogP contribution in [0.2, 0.25) is 0 Å². The number of hydrogen-bond donors (Lipinski definition) is 1. The highest BCUT2D eigenvalue weighted by atomic mass is 16.6. The average molecular weight is 397 g/mol. The molecule has 2 aromatic carbocycles. The van der Waals surface area contributed by atoms with Crippen molar-refractivity contribution in [1.29, 1.82) is 0 Å². The minimum absolute atomic E-state index is 0.172. The third kappa shape index (κ3) is 5.10. The third-order valence-corrected chi connectivity index (χ3v) is 3.88. The van der Waals surface area contributed by atoms with Crippen LogP contribution >= 0.6 is 0 Å². The standard InChI is InChI=1S/C20H19N3O6/c1-12(18-22-23-19(29-18)13-3-7-15(26-2)8-4-13)28-20(25)14-5-9-16(10-6-14)27-11-17(21)24/h3-10,12H,11H2,1-2H3,(H2,21,24)/t12-/m0/s1. The molecule has 29 heavy (non-hydrogen) atoms. The summed E-state index contributed by atoms with van der Waals surface area (Å²) in [5, 5.41) is 7.93. The van der Waals surface area contributed by atoms with Gasteiger partial charge in [-0.15, -0.1) is 10.2 Å². The van der Waals surface area contributed by atoms with E-state index in [1.165, 1.54) is 12.1 Å². The second-order valence-electron chi connectivity index (χ2n) is 6.00. The largest absolute Gasteiger partial charge is 0.497 e. The molecular formula is C20H19N3O6. The maximum atomic E-state index is 12.3. The molecule has 0 aliphatic carbocycles. The van der Waals surface area contributed by atoms with Crippen LogP contribution in [0.3, 0.4) is 0 Å². The fourth-order valence-corrected chi connectivity index (χ4v) is 2.37. The molecule has 2 N–H and O–H groups in total. The minimum Gasteiger partial charge on any atom is -0.497 e. The molecule has 0 aliphatic rings. The lowest BCUT2D eigenvalue weighted by Crippen LogP contribution is -2.20. The molecule has 9 heteroatoms. The second kappa shape index (κ2) is 8.87. The summed E-state index contributed by atoms with van der Waals surface area (Å²) >= 11 is 0. The van der Waals surface area contributed by atoms with Crippen molar-refractivity contribution in [3.05, 3.63) is 60.0 Å². The Morgan fingerprint density at radius 1 is 1.03 bits per heavy atom. The number of carbonyl (C=O) groups excluding carboxylic acids is 2. The van der Waals surface area contributed by atoms with E-state index in [9.17, 15) is 9.59 Å². The minimum atomic E-state index is -0.743. The van der Waals surface area contributed by atoms with Gasteiger partial charge in [0.25, 0.3) is 11.8 Å². The molecule has 0 saturated heterocycles. The van der Waals surface area contributed by atoms with Crippen molar-refractivity contribution < 1.29 is 28.2 Å². The van der Waals surface area contributed by atoms with Crippen molar-refractivity contribution in [2.24, 2.45) is 5.73 Å². The molecule has 0 unspecified atom stereocenters. The predicted molar refractivity (Wildman–Crippen MR) is 101 cm³/mol. The van der Waals surface area contributed by atoms with Gasteiger partial charge in [-0.25, -0.2) is 4.79 Å². The maximum absolute atomic E-state index is 12.3. The Labute approximate surface area is 166 Å². The second-order valence-corrected chi connectivity index (χ2v) is 6.00. The summed E-state index contributed by atoms with van der Waals surface area (Å²) in [6, 6.07) is 13.2. The number of rotatable bonds is 8. The van der Waals surface area contributed by atoms with Crippen LogP contribution in [0.15, 0.2) is 52.9 Å². The lowest BCUT2D eigenvalue weighted by atomic mass is 10.2. The van der Waals surface area contributed by atoms with Crippen LogP contribution in [0, 0.1) is 0 Å². The van der Waals surface area contributed by atoms with E-state index in [4.69, 9.17) is 24.4 Å². The number of ether oxygens (including phenoxy) is 3. The number of aromatic nitrogens is 2. The molecule has 1 atom stereocenters. The van der Waals surface area contributed by atoms with Crippen molar-refractivity contribution in [3.63, 3.8) is 0 Å². The number of nitrogens with zero attached hydrogens (tertiary/aromatic N) is 2. The molecule has 3 rings (SSSR count). The fourth-order valence-electron chi connectivity index (χ4n) is 2.37. The van der Waals surface area contributed by atoms with E-state index < -0.39 is 18.0 Å². The van der Waals surface area contributed by atoms with Gasteiger partial charge in [-0.1, -0.05) is 0 Å².